The zero-order valence-corrected chi connectivity index (χ0v) is 18.4. The average Bonchev–Trinajstić information content (AvgIpc) is 3.32. The van der Waals surface area contributed by atoms with Crippen molar-refractivity contribution in [3.63, 3.8) is 0 Å². The number of rotatable bonds is 6. The maximum atomic E-state index is 12.9. The number of hydrogen-bond donors (Lipinski definition) is 1. The van der Waals surface area contributed by atoms with Gasteiger partial charge in [-0.05, 0) is 31.9 Å². The smallest absolute Gasteiger partial charge is 0.272 e. The van der Waals surface area contributed by atoms with Crippen molar-refractivity contribution in [1.29, 1.82) is 0 Å². The van der Waals surface area contributed by atoms with Crippen LogP contribution in [-0.2, 0) is 17.1 Å². The zero-order valence-electron chi connectivity index (χ0n) is 16.8. The third-order valence-electron chi connectivity index (χ3n) is 5.13. The molecule has 0 saturated carbocycles. The molecule has 1 aromatic carbocycles. The summed E-state index contributed by atoms with van der Waals surface area (Å²) in [5.74, 6) is 0.309. The van der Waals surface area contributed by atoms with Gasteiger partial charge in [0.15, 0.2) is 0 Å². The molecule has 1 fully saturated rings. The normalized spacial score (nSPS) is 14.8. The summed E-state index contributed by atoms with van der Waals surface area (Å²) in [6.45, 7) is 2.68. The van der Waals surface area contributed by atoms with Crippen LogP contribution in [-0.4, -0.2) is 50.5 Å². The zero-order chi connectivity index (χ0) is 21.3. The van der Waals surface area contributed by atoms with Crippen molar-refractivity contribution in [2.75, 3.05) is 32.6 Å². The van der Waals surface area contributed by atoms with Gasteiger partial charge in [0.05, 0.1) is 24.9 Å². The van der Waals surface area contributed by atoms with Crippen LogP contribution in [0.1, 0.15) is 29.0 Å². The second kappa shape index (κ2) is 8.25. The fourth-order valence-electron chi connectivity index (χ4n) is 3.36. The molecule has 8 nitrogen and oxygen atoms in total. The lowest BCUT2D eigenvalue weighted by molar-refractivity contribution is 0.101. The number of aromatic nitrogens is 1. The average molecular weight is 442 g/mol. The van der Waals surface area contributed by atoms with E-state index in [-0.39, 0.29) is 10.6 Å². The first-order valence-corrected chi connectivity index (χ1v) is 10.9. The van der Waals surface area contributed by atoms with E-state index in [4.69, 9.17) is 21.1 Å². The Labute approximate surface area is 175 Å². The van der Waals surface area contributed by atoms with Gasteiger partial charge in [-0.1, -0.05) is 11.6 Å². The van der Waals surface area contributed by atoms with Gasteiger partial charge < -0.3 is 19.4 Å². The monoisotopic (exact) mass is 441 g/mol. The van der Waals surface area contributed by atoms with Crippen LogP contribution in [0, 0.1) is 6.92 Å². The van der Waals surface area contributed by atoms with E-state index in [1.54, 1.807) is 24.6 Å². The van der Waals surface area contributed by atoms with Gasteiger partial charge in [-0.25, -0.2) is 8.42 Å². The van der Waals surface area contributed by atoms with Gasteiger partial charge in [-0.15, -0.1) is 0 Å². The molecule has 0 unspecified atom stereocenters. The van der Waals surface area contributed by atoms with Gasteiger partial charge in [-0.3, -0.25) is 4.79 Å². The number of ether oxygens (including phenoxy) is 2. The van der Waals surface area contributed by atoms with E-state index in [0.29, 0.717) is 41.0 Å². The van der Waals surface area contributed by atoms with Crippen molar-refractivity contribution < 1.29 is 22.7 Å². The summed E-state index contributed by atoms with van der Waals surface area (Å²) in [5, 5.41) is 3.05. The Bertz CT molecular complexity index is 1040. The standard InChI is InChI=1S/C19H24ClN3O5S/c1-12-18(29(25,26)23-7-5-6-8-23)10-15(22(12)2)19(24)21-14-9-13(20)16(27-3)11-17(14)28-4/h9-11H,5-8H2,1-4H3,(H,21,24). The Hall–Kier alpha value is -2.23. The minimum atomic E-state index is -3.64. The molecule has 1 aliphatic heterocycles. The van der Waals surface area contributed by atoms with Crippen LogP contribution in [0.4, 0.5) is 5.69 Å². The Kier molecular flexibility index (Phi) is 6.11. The molecule has 1 N–H and O–H groups in total. The Morgan fingerprint density at radius 3 is 2.31 bits per heavy atom. The quantitative estimate of drug-likeness (QED) is 0.744. The number of nitrogens with zero attached hydrogens (tertiary/aromatic N) is 2. The molecule has 0 spiro atoms. The van der Waals surface area contributed by atoms with Crippen molar-refractivity contribution in [2.24, 2.45) is 7.05 Å². The second-order valence-corrected chi connectivity index (χ2v) is 9.10. The molecule has 1 amide bonds. The molecule has 2 heterocycles. The molecule has 3 rings (SSSR count). The molecule has 0 radical (unpaired) electrons. The number of benzene rings is 1. The van der Waals surface area contributed by atoms with Crippen LogP contribution in [0.2, 0.25) is 5.02 Å². The molecule has 1 saturated heterocycles. The summed E-state index contributed by atoms with van der Waals surface area (Å²) in [5.41, 5.74) is 1.07. The van der Waals surface area contributed by atoms with Crippen molar-refractivity contribution in [1.82, 2.24) is 8.87 Å². The summed E-state index contributed by atoms with van der Waals surface area (Å²) in [7, 11) is 0.967. The van der Waals surface area contributed by atoms with Crippen LogP contribution < -0.4 is 14.8 Å². The number of anilines is 1. The number of amides is 1. The molecule has 158 valence electrons. The Morgan fingerprint density at radius 1 is 1.10 bits per heavy atom. The van der Waals surface area contributed by atoms with E-state index in [0.717, 1.165) is 12.8 Å². The van der Waals surface area contributed by atoms with E-state index < -0.39 is 15.9 Å². The summed E-state index contributed by atoms with van der Waals surface area (Å²) >= 11 is 6.16. The second-order valence-electron chi connectivity index (χ2n) is 6.79. The lowest BCUT2D eigenvalue weighted by Crippen LogP contribution is -2.28. The number of nitrogens with one attached hydrogen (secondary N) is 1. The van der Waals surface area contributed by atoms with Gasteiger partial charge in [0.1, 0.15) is 22.1 Å². The van der Waals surface area contributed by atoms with Gasteiger partial charge in [0.2, 0.25) is 10.0 Å². The van der Waals surface area contributed by atoms with Gasteiger partial charge in [0.25, 0.3) is 5.91 Å². The van der Waals surface area contributed by atoms with Crippen LogP contribution in [0.25, 0.3) is 0 Å². The lowest BCUT2D eigenvalue weighted by Gasteiger charge is -2.15. The fourth-order valence-corrected chi connectivity index (χ4v) is 5.39. The summed E-state index contributed by atoms with van der Waals surface area (Å²) in [6.07, 6.45) is 1.69. The van der Waals surface area contributed by atoms with Crippen molar-refractivity contribution in [2.45, 2.75) is 24.7 Å². The number of methoxy groups -OCH3 is 2. The number of carbonyl (C=O) groups is 1. The molecule has 29 heavy (non-hydrogen) atoms. The third-order valence-corrected chi connectivity index (χ3v) is 7.44. The van der Waals surface area contributed by atoms with E-state index in [1.807, 2.05) is 0 Å². The first-order chi connectivity index (χ1) is 13.7. The van der Waals surface area contributed by atoms with Crippen LogP contribution >= 0.6 is 11.6 Å². The highest BCUT2D eigenvalue weighted by atomic mass is 35.5. The molecular formula is C19H24ClN3O5S. The van der Waals surface area contributed by atoms with Crippen molar-refractivity contribution in [3.8, 4) is 11.5 Å². The summed E-state index contributed by atoms with van der Waals surface area (Å²) in [4.78, 5) is 13.1. The van der Waals surface area contributed by atoms with Crippen LogP contribution in [0.3, 0.4) is 0 Å². The highest BCUT2D eigenvalue weighted by Gasteiger charge is 2.31. The largest absolute Gasteiger partial charge is 0.495 e. The van der Waals surface area contributed by atoms with Crippen LogP contribution in [0.15, 0.2) is 23.1 Å². The molecule has 10 heteroatoms. The number of halogens is 1. The highest BCUT2D eigenvalue weighted by molar-refractivity contribution is 7.89. The number of carbonyl (C=O) groups excluding carboxylic acids is 1. The maximum Gasteiger partial charge on any atom is 0.272 e. The van der Waals surface area contributed by atoms with Gasteiger partial charge in [0, 0.05) is 31.9 Å². The van der Waals surface area contributed by atoms with E-state index >= 15 is 0 Å². The number of hydrogen-bond acceptors (Lipinski definition) is 5. The SMILES string of the molecule is COc1cc(OC)c(NC(=O)c2cc(S(=O)(=O)N3CCCC3)c(C)n2C)cc1Cl. The summed E-state index contributed by atoms with van der Waals surface area (Å²) in [6, 6.07) is 4.50. The molecule has 2 aromatic rings. The minimum absolute atomic E-state index is 0.145. The molecule has 0 aliphatic carbocycles. The molecule has 0 atom stereocenters. The fraction of sp³-hybridized carbons (Fsp3) is 0.421. The lowest BCUT2D eigenvalue weighted by atomic mass is 10.2. The van der Waals surface area contributed by atoms with E-state index in [1.165, 1.54) is 30.7 Å². The predicted octanol–water partition coefficient (Wildman–Crippen LogP) is 3.04. The molecule has 0 bridgehead atoms. The third kappa shape index (κ3) is 3.94. The Balaban J connectivity index is 1.94. The predicted molar refractivity (Wildman–Crippen MR) is 111 cm³/mol. The Morgan fingerprint density at radius 2 is 1.72 bits per heavy atom. The van der Waals surface area contributed by atoms with E-state index in [9.17, 15) is 13.2 Å². The first kappa shape index (κ1) is 21.5. The highest BCUT2D eigenvalue weighted by Crippen LogP contribution is 2.36. The topological polar surface area (TPSA) is 89.9 Å². The number of sulfonamides is 1. The van der Waals surface area contributed by atoms with E-state index in [2.05, 4.69) is 5.32 Å². The molecule has 1 aromatic heterocycles. The van der Waals surface area contributed by atoms with Gasteiger partial charge in [-0.2, -0.15) is 4.31 Å². The molecule has 1 aliphatic rings. The molecular weight excluding hydrogens is 418 g/mol. The van der Waals surface area contributed by atoms with Crippen molar-refractivity contribution in [3.05, 3.63) is 34.6 Å². The maximum absolute atomic E-state index is 12.9. The minimum Gasteiger partial charge on any atom is -0.495 e. The first-order valence-electron chi connectivity index (χ1n) is 9.10. The van der Waals surface area contributed by atoms with Crippen LogP contribution in [0.5, 0.6) is 11.5 Å². The van der Waals surface area contributed by atoms with Crippen molar-refractivity contribution >= 4 is 33.2 Å². The van der Waals surface area contributed by atoms with Gasteiger partial charge >= 0.3 is 0 Å². The summed E-state index contributed by atoms with van der Waals surface area (Å²) < 4.78 is 39.4.